The number of esters is 1. The molecule has 1 aromatic carbocycles. The molecule has 0 saturated carbocycles. The van der Waals surface area contributed by atoms with Crippen LogP contribution in [0, 0.1) is 0 Å². The lowest BCUT2D eigenvalue weighted by atomic mass is 10.2. The van der Waals surface area contributed by atoms with Crippen molar-refractivity contribution in [2.45, 2.75) is 45.4 Å². The molecule has 0 spiro atoms. The van der Waals surface area contributed by atoms with Crippen LogP contribution in [0.5, 0.6) is 0 Å². The molecule has 0 saturated heterocycles. The minimum Gasteiger partial charge on any atom is -0.467 e. The first-order valence-electron chi connectivity index (χ1n) is 7.57. The van der Waals surface area contributed by atoms with Gasteiger partial charge in [-0.05, 0) is 26.3 Å². The van der Waals surface area contributed by atoms with E-state index in [4.69, 9.17) is 9.57 Å². The summed E-state index contributed by atoms with van der Waals surface area (Å²) < 4.78 is 9.77. The van der Waals surface area contributed by atoms with Gasteiger partial charge < -0.3 is 19.6 Å². The molecule has 0 aliphatic heterocycles. The van der Waals surface area contributed by atoms with Crippen molar-refractivity contribution in [3.8, 4) is 0 Å². The number of nitrogens with zero attached hydrogens (tertiary/aromatic N) is 1. The Hall–Kier alpha value is -2.57. The van der Waals surface area contributed by atoms with Gasteiger partial charge in [0.05, 0.1) is 7.11 Å². The van der Waals surface area contributed by atoms with Crippen molar-refractivity contribution >= 4 is 18.3 Å². The summed E-state index contributed by atoms with van der Waals surface area (Å²) in [7, 11) is 1.25. The molecular weight excluding hydrogens is 312 g/mol. The van der Waals surface area contributed by atoms with Gasteiger partial charge in [-0.25, -0.2) is 9.59 Å². The summed E-state index contributed by atoms with van der Waals surface area (Å²) in [5.74, 6) is -0.588. The SMILES string of the molecule is COC(=O)[C@@H](CC=NOCc1ccccc1)NC(=O)OC(C)(C)C. The van der Waals surface area contributed by atoms with E-state index in [2.05, 4.69) is 15.2 Å². The van der Waals surface area contributed by atoms with Gasteiger partial charge in [-0.3, -0.25) is 0 Å². The highest BCUT2D eigenvalue weighted by Crippen LogP contribution is 2.07. The average Bonchev–Trinajstić information content (AvgIpc) is 2.52. The molecule has 0 aromatic heterocycles. The number of nitrogens with one attached hydrogen (secondary N) is 1. The monoisotopic (exact) mass is 336 g/mol. The fourth-order valence-electron chi connectivity index (χ4n) is 1.69. The Morgan fingerprint density at radius 3 is 2.50 bits per heavy atom. The van der Waals surface area contributed by atoms with Gasteiger partial charge in [0.25, 0.3) is 0 Å². The van der Waals surface area contributed by atoms with Crippen LogP contribution in [0.1, 0.15) is 32.8 Å². The minimum absolute atomic E-state index is 0.126. The van der Waals surface area contributed by atoms with Crippen LogP contribution in [-0.2, 0) is 25.7 Å². The van der Waals surface area contributed by atoms with E-state index < -0.39 is 23.7 Å². The Labute approximate surface area is 142 Å². The number of alkyl carbamates (subject to hydrolysis) is 1. The summed E-state index contributed by atoms with van der Waals surface area (Å²) in [6.07, 6.45) is 0.833. The highest BCUT2D eigenvalue weighted by molar-refractivity contribution is 5.84. The van der Waals surface area contributed by atoms with Crippen molar-refractivity contribution in [1.29, 1.82) is 0 Å². The molecule has 0 bridgehead atoms. The maximum Gasteiger partial charge on any atom is 0.408 e. The second kappa shape index (κ2) is 9.54. The lowest BCUT2D eigenvalue weighted by molar-refractivity contribution is -0.142. The van der Waals surface area contributed by atoms with Crippen LogP contribution >= 0.6 is 0 Å². The van der Waals surface area contributed by atoms with Gasteiger partial charge >= 0.3 is 12.1 Å². The highest BCUT2D eigenvalue weighted by Gasteiger charge is 2.24. The van der Waals surface area contributed by atoms with Crippen LogP contribution in [-0.4, -0.2) is 37.0 Å². The standard InChI is InChI=1S/C17H24N2O5/c1-17(2,3)24-16(21)19-14(15(20)22-4)10-11-18-23-12-13-8-6-5-7-9-13/h5-9,11,14H,10,12H2,1-4H3,(H,19,21)/t14-/m1/s1. The van der Waals surface area contributed by atoms with Crippen molar-refractivity contribution < 1.29 is 23.9 Å². The third kappa shape index (κ3) is 8.17. The third-order valence-electron chi connectivity index (χ3n) is 2.74. The van der Waals surface area contributed by atoms with Gasteiger partial charge in [-0.2, -0.15) is 0 Å². The number of oxime groups is 1. The van der Waals surface area contributed by atoms with Gasteiger partial charge in [0.1, 0.15) is 18.2 Å². The molecule has 7 heteroatoms. The summed E-state index contributed by atoms with van der Waals surface area (Å²) in [4.78, 5) is 28.6. The topological polar surface area (TPSA) is 86.2 Å². The first-order valence-corrected chi connectivity index (χ1v) is 7.57. The fourth-order valence-corrected chi connectivity index (χ4v) is 1.69. The number of hydrogen-bond donors (Lipinski definition) is 1. The number of rotatable bonds is 7. The van der Waals surface area contributed by atoms with Crippen LogP contribution in [0.25, 0.3) is 0 Å². The van der Waals surface area contributed by atoms with Crippen LogP contribution in [0.3, 0.4) is 0 Å². The van der Waals surface area contributed by atoms with E-state index in [-0.39, 0.29) is 6.42 Å². The van der Waals surface area contributed by atoms with E-state index in [1.807, 2.05) is 30.3 Å². The quantitative estimate of drug-likeness (QED) is 0.470. The first kappa shape index (κ1) is 19.5. The van der Waals surface area contributed by atoms with Crippen molar-refractivity contribution in [2.75, 3.05) is 7.11 Å². The Morgan fingerprint density at radius 1 is 1.25 bits per heavy atom. The number of benzene rings is 1. The van der Waals surface area contributed by atoms with Crippen LogP contribution in [0.4, 0.5) is 4.79 Å². The molecule has 132 valence electrons. The van der Waals surface area contributed by atoms with Crippen molar-refractivity contribution in [3.05, 3.63) is 35.9 Å². The molecule has 1 amide bonds. The molecular formula is C17H24N2O5. The fraction of sp³-hybridized carbons (Fsp3) is 0.471. The Kier molecular flexibility index (Phi) is 7.74. The summed E-state index contributed by atoms with van der Waals surface area (Å²) in [6, 6.07) is 8.65. The molecule has 0 fully saturated rings. The largest absolute Gasteiger partial charge is 0.467 e. The predicted molar refractivity (Wildman–Crippen MR) is 89.5 cm³/mol. The molecule has 0 radical (unpaired) electrons. The highest BCUT2D eigenvalue weighted by atomic mass is 16.6. The second-order valence-corrected chi connectivity index (χ2v) is 6.00. The number of carbonyl (C=O) groups excluding carboxylic acids is 2. The Bertz CT molecular complexity index is 552. The normalized spacial score (nSPS) is 12.5. The summed E-state index contributed by atoms with van der Waals surface area (Å²) in [6.45, 7) is 5.52. The van der Waals surface area contributed by atoms with E-state index in [1.165, 1.54) is 13.3 Å². The molecule has 24 heavy (non-hydrogen) atoms. The van der Waals surface area contributed by atoms with Gasteiger partial charge in [0.15, 0.2) is 0 Å². The molecule has 0 aliphatic rings. The van der Waals surface area contributed by atoms with E-state index >= 15 is 0 Å². The zero-order chi connectivity index (χ0) is 18.0. The minimum atomic E-state index is -0.895. The van der Waals surface area contributed by atoms with Crippen molar-refractivity contribution in [2.24, 2.45) is 5.16 Å². The summed E-state index contributed by atoms with van der Waals surface area (Å²) >= 11 is 0. The van der Waals surface area contributed by atoms with Crippen LogP contribution < -0.4 is 5.32 Å². The smallest absolute Gasteiger partial charge is 0.408 e. The molecule has 1 aromatic rings. The lowest BCUT2D eigenvalue weighted by Gasteiger charge is -2.22. The van der Waals surface area contributed by atoms with Crippen molar-refractivity contribution in [1.82, 2.24) is 5.32 Å². The van der Waals surface area contributed by atoms with Gasteiger partial charge in [-0.1, -0.05) is 35.5 Å². The zero-order valence-electron chi connectivity index (χ0n) is 14.4. The predicted octanol–water partition coefficient (Wildman–Crippen LogP) is 2.65. The summed E-state index contributed by atoms with van der Waals surface area (Å²) in [5.41, 5.74) is 0.323. The maximum absolute atomic E-state index is 11.7. The molecule has 0 heterocycles. The molecule has 1 rings (SSSR count). The number of methoxy groups -OCH3 is 1. The lowest BCUT2D eigenvalue weighted by Crippen LogP contribution is -2.44. The van der Waals surface area contributed by atoms with Gasteiger partial charge in [0.2, 0.25) is 0 Å². The van der Waals surface area contributed by atoms with Crippen LogP contribution in [0.15, 0.2) is 35.5 Å². The van der Waals surface area contributed by atoms with Gasteiger partial charge in [0, 0.05) is 12.6 Å². The Morgan fingerprint density at radius 2 is 1.92 bits per heavy atom. The number of amides is 1. The summed E-state index contributed by atoms with van der Waals surface area (Å²) in [5, 5.41) is 6.23. The van der Waals surface area contributed by atoms with E-state index in [1.54, 1.807) is 20.8 Å². The molecule has 1 N–H and O–H groups in total. The zero-order valence-corrected chi connectivity index (χ0v) is 14.4. The van der Waals surface area contributed by atoms with Crippen molar-refractivity contribution in [3.63, 3.8) is 0 Å². The van der Waals surface area contributed by atoms with E-state index in [9.17, 15) is 9.59 Å². The van der Waals surface area contributed by atoms with Crippen LogP contribution in [0.2, 0.25) is 0 Å². The number of hydrogen-bond acceptors (Lipinski definition) is 6. The van der Waals surface area contributed by atoms with E-state index in [0.29, 0.717) is 6.61 Å². The Balaban J connectivity index is 2.46. The average molecular weight is 336 g/mol. The maximum atomic E-state index is 11.7. The number of carbonyl (C=O) groups is 2. The van der Waals surface area contributed by atoms with Gasteiger partial charge in [-0.15, -0.1) is 0 Å². The molecule has 7 nitrogen and oxygen atoms in total. The molecule has 1 atom stereocenters. The molecule has 0 aliphatic carbocycles. The third-order valence-corrected chi connectivity index (χ3v) is 2.74. The van der Waals surface area contributed by atoms with E-state index in [0.717, 1.165) is 5.56 Å². The molecule has 0 unspecified atom stereocenters. The second-order valence-electron chi connectivity index (χ2n) is 6.00. The number of ether oxygens (including phenoxy) is 2. The first-order chi connectivity index (χ1) is 11.3.